The van der Waals surface area contributed by atoms with E-state index in [4.69, 9.17) is 9.97 Å². The highest BCUT2D eigenvalue weighted by molar-refractivity contribution is 5.99. The first-order valence-electron chi connectivity index (χ1n) is 28.2. The Morgan fingerprint density at radius 3 is 1.79 bits per heavy atom. The maximum atomic E-state index is 12.9. The van der Waals surface area contributed by atoms with E-state index in [-0.39, 0.29) is 22.5 Å². The Morgan fingerprint density at radius 2 is 1.05 bits per heavy atom. The molecule has 1 N–H and O–H groups in total. The number of imidazole rings is 1. The van der Waals surface area contributed by atoms with E-state index in [1.165, 1.54) is 11.1 Å². The summed E-state index contributed by atoms with van der Waals surface area (Å²) in [6.07, 6.45) is 4.25. The van der Waals surface area contributed by atoms with E-state index in [1.807, 2.05) is 79.0 Å². The van der Waals surface area contributed by atoms with Gasteiger partial charge in [0.2, 0.25) is 0 Å². The van der Waals surface area contributed by atoms with Gasteiger partial charge in [0, 0.05) is 36.6 Å². The molecule has 0 amide bonds. The lowest BCUT2D eigenvalue weighted by molar-refractivity contribution is 0.479. The van der Waals surface area contributed by atoms with Crippen molar-refractivity contribution >= 4 is 11.0 Å². The molecule has 2 aromatic heterocycles. The molecule has 1 fully saturated rings. The lowest BCUT2D eigenvalue weighted by Crippen LogP contribution is -2.18. The van der Waals surface area contributed by atoms with Gasteiger partial charge in [-0.1, -0.05) is 236 Å². The Labute approximate surface area is 457 Å². The number of fused-ring (bicyclic) bond motifs is 1. The van der Waals surface area contributed by atoms with Gasteiger partial charge in [-0.05, 0) is 127 Å². The van der Waals surface area contributed by atoms with Crippen LogP contribution in [0.2, 0.25) is 0 Å². The zero-order chi connectivity index (χ0) is 54.5. The fourth-order valence-electron chi connectivity index (χ4n) is 11.5. The summed E-state index contributed by atoms with van der Waals surface area (Å²) >= 11 is 0. The van der Waals surface area contributed by atoms with Crippen LogP contribution in [0.15, 0.2) is 231 Å². The molecule has 2 heterocycles. The topological polar surface area (TPSA) is 50.9 Å². The number of hydrogen-bond donors (Lipinski definition) is 1. The normalized spacial score (nSPS) is 13.7. The molecule has 0 saturated heterocycles. The number of aromatic hydroxyl groups is 1. The van der Waals surface area contributed by atoms with Gasteiger partial charge in [-0.15, -0.1) is 0 Å². The molecule has 0 aliphatic heterocycles. The highest BCUT2D eigenvalue weighted by atomic mass is 16.3. The summed E-state index contributed by atoms with van der Waals surface area (Å²) in [6.45, 7) is 11.3. The summed E-state index contributed by atoms with van der Waals surface area (Å²) in [5.41, 5.74) is 18.5. The van der Waals surface area contributed by atoms with Crippen molar-refractivity contribution in [2.24, 2.45) is 5.92 Å². The standard InChI is InChI=1S/C73H65N3O/c1-72(2,3)59-46-55(44-56(47-59)66-48-54(40-41-74-66)53-28-19-31-58(45-53)73(4,5)57-29-13-8-14-30-57)61-34-21-37-68-69(61)75-71(64-36-20-35-63(70(64)77)62-33-18-17-32-60(62)51-24-9-6-10-25-51)76(68)67-39-38-50(42-49-22-15-16-23-49)43-65(67)52-26-11-7-12-27-52/h6-14,17-21,24-41,43-49,77H,15-16,22-23,42H2,1-5H3/i42D2. The van der Waals surface area contributed by atoms with Crippen LogP contribution in [0, 0.1) is 5.92 Å². The molecule has 11 aromatic rings. The van der Waals surface area contributed by atoms with Gasteiger partial charge < -0.3 is 5.11 Å². The third kappa shape index (κ3) is 9.70. The van der Waals surface area contributed by atoms with Crippen LogP contribution in [0.5, 0.6) is 5.75 Å². The van der Waals surface area contributed by atoms with Gasteiger partial charge in [0.05, 0.1) is 28.0 Å². The summed E-state index contributed by atoms with van der Waals surface area (Å²) in [6, 6.07) is 78.0. The number of hydrogen-bond acceptors (Lipinski definition) is 3. The van der Waals surface area contributed by atoms with Crippen molar-refractivity contribution in [3.8, 4) is 89.7 Å². The molecule has 77 heavy (non-hydrogen) atoms. The fraction of sp³-hybridized carbons (Fsp3) is 0.178. The first-order valence-corrected chi connectivity index (χ1v) is 27.2. The molecular weight excluding hydrogens is 935 g/mol. The van der Waals surface area contributed by atoms with Crippen LogP contribution < -0.4 is 0 Å². The maximum Gasteiger partial charge on any atom is 0.149 e. The molecule has 0 atom stereocenters. The summed E-state index contributed by atoms with van der Waals surface area (Å²) < 4.78 is 21.3. The van der Waals surface area contributed by atoms with Crippen molar-refractivity contribution in [1.82, 2.24) is 14.5 Å². The van der Waals surface area contributed by atoms with Crippen molar-refractivity contribution in [2.75, 3.05) is 0 Å². The first-order chi connectivity index (χ1) is 38.2. The van der Waals surface area contributed by atoms with Crippen molar-refractivity contribution in [3.63, 3.8) is 0 Å². The van der Waals surface area contributed by atoms with Crippen LogP contribution in [0.3, 0.4) is 0 Å². The van der Waals surface area contributed by atoms with Gasteiger partial charge in [0.1, 0.15) is 11.6 Å². The SMILES string of the molecule is [2H]C([2H])(c1ccc(-n2c(-c3cccc(-c4ccccc4-c4ccccc4)c3O)nc3c(-c4cc(-c5cc(-c6cccc(C(C)(C)c7ccccc7)c6)ccn5)cc(C(C)(C)C)c4)cccc32)c(-c2ccccc2)c1)C1CCCC1. The molecule has 4 heteroatoms. The van der Waals surface area contributed by atoms with Crippen LogP contribution in [0.25, 0.3) is 95.0 Å². The lowest BCUT2D eigenvalue weighted by Gasteiger charge is -2.26. The molecule has 4 nitrogen and oxygen atoms in total. The van der Waals surface area contributed by atoms with E-state index in [1.54, 1.807) is 0 Å². The largest absolute Gasteiger partial charge is 0.507 e. The van der Waals surface area contributed by atoms with Crippen LogP contribution in [-0.4, -0.2) is 19.6 Å². The highest BCUT2D eigenvalue weighted by Gasteiger charge is 2.27. The second-order valence-corrected chi connectivity index (χ2v) is 22.3. The number of rotatable bonds is 12. The number of phenols is 1. The zero-order valence-electron chi connectivity index (χ0n) is 46.6. The smallest absolute Gasteiger partial charge is 0.149 e. The Bertz CT molecular complexity index is 4020. The first kappa shape index (κ1) is 46.9. The van der Waals surface area contributed by atoms with Crippen molar-refractivity contribution in [3.05, 3.63) is 253 Å². The maximum absolute atomic E-state index is 12.9. The third-order valence-corrected chi connectivity index (χ3v) is 15.9. The predicted molar refractivity (Wildman–Crippen MR) is 322 cm³/mol. The summed E-state index contributed by atoms with van der Waals surface area (Å²) in [7, 11) is 0. The Morgan fingerprint density at radius 1 is 0.481 bits per heavy atom. The number of phenolic OH excluding ortho intramolecular Hbond substituents is 1. The Balaban J connectivity index is 1.06. The number of nitrogens with zero attached hydrogens (tertiary/aromatic N) is 3. The molecule has 1 aliphatic carbocycles. The molecule has 0 spiro atoms. The molecule has 0 bridgehead atoms. The minimum absolute atomic E-state index is 0.0532. The highest BCUT2D eigenvalue weighted by Crippen LogP contribution is 2.46. The van der Waals surface area contributed by atoms with Gasteiger partial charge in [0.25, 0.3) is 0 Å². The molecule has 0 radical (unpaired) electrons. The minimum atomic E-state index is -1.52. The van der Waals surface area contributed by atoms with Gasteiger partial charge in [-0.3, -0.25) is 9.55 Å². The van der Waals surface area contributed by atoms with Gasteiger partial charge >= 0.3 is 0 Å². The number of para-hydroxylation sites is 2. The average molecular weight is 1000 g/mol. The predicted octanol–water partition coefficient (Wildman–Crippen LogP) is 19.2. The molecule has 1 saturated carbocycles. The molecule has 9 aromatic carbocycles. The molecular formula is C73H65N3O. The summed E-state index contributed by atoms with van der Waals surface area (Å²) in [4.78, 5) is 10.7. The van der Waals surface area contributed by atoms with Gasteiger partial charge in [0.15, 0.2) is 0 Å². The van der Waals surface area contributed by atoms with E-state index in [0.717, 1.165) is 109 Å². The Hall–Kier alpha value is -8.60. The second-order valence-electron chi connectivity index (χ2n) is 22.3. The molecule has 1 aliphatic rings. The minimum Gasteiger partial charge on any atom is -0.507 e. The molecule has 378 valence electrons. The number of pyridine rings is 1. The van der Waals surface area contributed by atoms with Crippen molar-refractivity contribution in [1.29, 1.82) is 0 Å². The van der Waals surface area contributed by atoms with E-state index in [0.29, 0.717) is 22.5 Å². The Kier molecular flexibility index (Phi) is 12.5. The van der Waals surface area contributed by atoms with E-state index in [9.17, 15) is 7.85 Å². The molecule has 12 rings (SSSR count). The second kappa shape index (κ2) is 20.5. The fourth-order valence-corrected chi connectivity index (χ4v) is 11.5. The lowest BCUT2D eigenvalue weighted by atomic mass is 9.77. The van der Waals surface area contributed by atoms with E-state index in [2.05, 4.69) is 191 Å². The number of aromatic nitrogens is 3. The monoisotopic (exact) mass is 1000 g/mol. The van der Waals surface area contributed by atoms with E-state index >= 15 is 0 Å². The number of benzene rings is 9. The van der Waals surface area contributed by atoms with Crippen molar-refractivity contribution in [2.45, 2.75) is 77.5 Å². The summed E-state index contributed by atoms with van der Waals surface area (Å²) in [5.74, 6) is 0.640. The van der Waals surface area contributed by atoms with Gasteiger partial charge in [-0.2, -0.15) is 0 Å². The quantitative estimate of drug-likeness (QED) is 0.133. The van der Waals surface area contributed by atoms with Crippen molar-refractivity contribution < 1.29 is 7.85 Å². The van der Waals surface area contributed by atoms with Crippen LogP contribution in [0.1, 0.15) is 85.3 Å². The average Bonchev–Trinajstić information content (AvgIpc) is 4.36. The third-order valence-electron chi connectivity index (χ3n) is 15.9. The van der Waals surface area contributed by atoms with Crippen LogP contribution >= 0.6 is 0 Å². The van der Waals surface area contributed by atoms with Crippen LogP contribution in [-0.2, 0) is 17.2 Å². The van der Waals surface area contributed by atoms with E-state index < -0.39 is 6.37 Å². The van der Waals surface area contributed by atoms with Crippen LogP contribution in [0.4, 0.5) is 0 Å². The summed E-state index contributed by atoms with van der Waals surface area (Å²) in [5, 5.41) is 12.9. The van der Waals surface area contributed by atoms with Gasteiger partial charge in [-0.25, -0.2) is 4.98 Å². The zero-order valence-corrected chi connectivity index (χ0v) is 44.6. The molecule has 0 unspecified atom stereocenters.